The molecule has 18 heavy (non-hydrogen) atoms. The summed E-state index contributed by atoms with van der Waals surface area (Å²) in [6.07, 6.45) is 1.01. The maximum atomic E-state index is 11.5. The van der Waals surface area contributed by atoms with Gasteiger partial charge in [0.05, 0.1) is 25.4 Å². The average molecular weight is 252 g/mol. The van der Waals surface area contributed by atoms with Crippen molar-refractivity contribution in [3.63, 3.8) is 0 Å². The molecule has 0 amide bonds. The van der Waals surface area contributed by atoms with E-state index in [1.807, 2.05) is 6.07 Å². The van der Waals surface area contributed by atoms with E-state index in [1.165, 1.54) is 0 Å². The Morgan fingerprint density at radius 3 is 2.22 bits per heavy atom. The fourth-order valence-corrected chi connectivity index (χ4v) is 1.32. The van der Waals surface area contributed by atoms with E-state index in [4.69, 9.17) is 14.2 Å². The fraction of sp³-hybridized carbons (Fsp3) is 0.500. The molecule has 0 aliphatic rings. The lowest BCUT2D eigenvalue weighted by Gasteiger charge is -2.06. The third-order valence-corrected chi connectivity index (χ3v) is 2.19. The average Bonchev–Trinajstić information content (AvgIpc) is 2.42. The Morgan fingerprint density at radius 1 is 0.944 bits per heavy atom. The standard InChI is InChI=1S/C14H20O4/c1-2-8-16-9-10-17-11-12-18-14(15)13-6-4-3-5-7-13/h3-7H,2,8-12H2,1H3. The van der Waals surface area contributed by atoms with Crippen LogP contribution < -0.4 is 0 Å². The van der Waals surface area contributed by atoms with Crippen molar-refractivity contribution in [3.8, 4) is 0 Å². The van der Waals surface area contributed by atoms with Crippen LogP contribution in [0.3, 0.4) is 0 Å². The van der Waals surface area contributed by atoms with Crippen molar-refractivity contribution in [2.75, 3.05) is 33.0 Å². The Morgan fingerprint density at radius 2 is 1.56 bits per heavy atom. The molecule has 1 aromatic rings. The predicted molar refractivity (Wildman–Crippen MR) is 68.7 cm³/mol. The molecule has 0 spiro atoms. The summed E-state index contributed by atoms with van der Waals surface area (Å²) in [6, 6.07) is 8.91. The number of rotatable bonds is 9. The van der Waals surface area contributed by atoms with Gasteiger partial charge >= 0.3 is 5.97 Å². The Bertz CT molecular complexity index is 324. The molecule has 1 rings (SSSR count). The van der Waals surface area contributed by atoms with Crippen LogP contribution in [-0.2, 0) is 14.2 Å². The van der Waals surface area contributed by atoms with Gasteiger partial charge in [0, 0.05) is 6.61 Å². The highest BCUT2D eigenvalue weighted by Gasteiger charge is 2.04. The lowest BCUT2D eigenvalue weighted by molar-refractivity contribution is 0.0147. The van der Waals surface area contributed by atoms with Crippen molar-refractivity contribution in [1.29, 1.82) is 0 Å². The molecule has 1 aromatic carbocycles. The molecule has 0 fully saturated rings. The van der Waals surface area contributed by atoms with Gasteiger partial charge in [-0.05, 0) is 18.6 Å². The zero-order valence-electron chi connectivity index (χ0n) is 10.8. The Hall–Kier alpha value is -1.39. The summed E-state index contributed by atoms with van der Waals surface area (Å²) in [5, 5.41) is 0. The highest BCUT2D eigenvalue weighted by Crippen LogP contribution is 2.00. The van der Waals surface area contributed by atoms with E-state index in [2.05, 4.69) is 6.92 Å². The maximum Gasteiger partial charge on any atom is 0.338 e. The molecule has 0 saturated heterocycles. The SMILES string of the molecule is CCCOCCOCCOC(=O)c1ccccc1. The monoisotopic (exact) mass is 252 g/mol. The van der Waals surface area contributed by atoms with Gasteiger partial charge < -0.3 is 14.2 Å². The number of hydrogen-bond acceptors (Lipinski definition) is 4. The number of carbonyl (C=O) groups excluding carboxylic acids is 1. The van der Waals surface area contributed by atoms with E-state index in [0.29, 0.717) is 25.4 Å². The molecule has 0 unspecified atom stereocenters. The third kappa shape index (κ3) is 6.37. The molecule has 4 nitrogen and oxygen atoms in total. The minimum Gasteiger partial charge on any atom is -0.460 e. The van der Waals surface area contributed by atoms with Crippen molar-refractivity contribution in [2.45, 2.75) is 13.3 Å². The van der Waals surface area contributed by atoms with E-state index < -0.39 is 0 Å². The molecule has 0 saturated carbocycles. The maximum absolute atomic E-state index is 11.5. The van der Waals surface area contributed by atoms with Crippen LogP contribution in [0.1, 0.15) is 23.7 Å². The zero-order valence-corrected chi connectivity index (χ0v) is 10.8. The molecule has 0 N–H and O–H groups in total. The third-order valence-electron chi connectivity index (χ3n) is 2.19. The summed E-state index contributed by atoms with van der Waals surface area (Å²) in [6.45, 7) is 4.59. The largest absolute Gasteiger partial charge is 0.460 e. The van der Waals surface area contributed by atoms with Crippen LogP contribution in [0.4, 0.5) is 0 Å². The van der Waals surface area contributed by atoms with Crippen LogP contribution in [0.15, 0.2) is 30.3 Å². The molecule has 0 radical (unpaired) electrons. The fourth-order valence-electron chi connectivity index (χ4n) is 1.32. The summed E-state index contributed by atoms with van der Waals surface area (Å²) >= 11 is 0. The summed E-state index contributed by atoms with van der Waals surface area (Å²) in [5.74, 6) is -0.318. The van der Waals surface area contributed by atoms with Gasteiger partial charge in [-0.2, -0.15) is 0 Å². The zero-order chi connectivity index (χ0) is 13.1. The Balaban J connectivity index is 2.00. The van der Waals surface area contributed by atoms with E-state index in [1.54, 1.807) is 24.3 Å². The van der Waals surface area contributed by atoms with Crippen molar-refractivity contribution in [2.24, 2.45) is 0 Å². The van der Waals surface area contributed by atoms with Crippen LogP contribution in [0, 0.1) is 0 Å². The Kier molecular flexibility index (Phi) is 7.84. The van der Waals surface area contributed by atoms with Gasteiger partial charge in [-0.25, -0.2) is 4.79 Å². The number of esters is 1. The van der Waals surface area contributed by atoms with Gasteiger partial charge in [-0.15, -0.1) is 0 Å². The van der Waals surface area contributed by atoms with E-state index in [0.717, 1.165) is 13.0 Å². The van der Waals surface area contributed by atoms with Gasteiger partial charge in [0.25, 0.3) is 0 Å². The number of carbonyl (C=O) groups is 1. The molecule has 100 valence electrons. The molecular formula is C14H20O4. The van der Waals surface area contributed by atoms with Gasteiger partial charge in [0.15, 0.2) is 0 Å². The van der Waals surface area contributed by atoms with Crippen LogP contribution in [0.5, 0.6) is 0 Å². The Labute approximate surface area is 108 Å². The van der Waals surface area contributed by atoms with Crippen LogP contribution in [0.2, 0.25) is 0 Å². The minimum atomic E-state index is -0.318. The lowest BCUT2D eigenvalue weighted by Crippen LogP contribution is -2.13. The first-order chi connectivity index (χ1) is 8.84. The molecule has 0 aliphatic carbocycles. The second-order valence-corrected chi connectivity index (χ2v) is 3.73. The van der Waals surface area contributed by atoms with Crippen molar-refractivity contribution >= 4 is 5.97 Å². The molecule has 4 heteroatoms. The number of hydrogen-bond donors (Lipinski definition) is 0. The molecule has 0 atom stereocenters. The summed E-state index contributed by atoms with van der Waals surface area (Å²) in [4.78, 5) is 11.5. The topological polar surface area (TPSA) is 44.8 Å². The van der Waals surface area contributed by atoms with Gasteiger partial charge in [-0.1, -0.05) is 25.1 Å². The van der Waals surface area contributed by atoms with Crippen molar-refractivity contribution in [1.82, 2.24) is 0 Å². The first-order valence-electron chi connectivity index (χ1n) is 6.22. The smallest absolute Gasteiger partial charge is 0.338 e. The quantitative estimate of drug-likeness (QED) is 0.499. The number of benzene rings is 1. The van der Waals surface area contributed by atoms with E-state index in [-0.39, 0.29) is 12.6 Å². The van der Waals surface area contributed by atoms with Gasteiger partial charge in [0.1, 0.15) is 6.61 Å². The van der Waals surface area contributed by atoms with E-state index in [9.17, 15) is 4.79 Å². The number of ether oxygens (including phenoxy) is 3. The summed E-state index contributed by atoms with van der Waals surface area (Å²) < 4.78 is 15.6. The second-order valence-electron chi connectivity index (χ2n) is 3.73. The predicted octanol–water partition coefficient (Wildman–Crippen LogP) is 2.29. The van der Waals surface area contributed by atoms with Gasteiger partial charge in [-0.3, -0.25) is 0 Å². The van der Waals surface area contributed by atoms with Crippen LogP contribution in [0.25, 0.3) is 0 Å². The molecule has 0 bridgehead atoms. The normalized spacial score (nSPS) is 10.3. The lowest BCUT2D eigenvalue weighted by atomic mass is 10.2. The highest BCUT2D eigenvalue weighted by molar-refractivity contribution is 5.89. The highest BCUT2D eigenvalue weighted by atomic mass is 16.6. The van der Waals surface area contributed by atoms with Gasteiger partial charge in [0.2, 0.25) is 0 Å². The van der Waals surface area contributed by atoms with Crippen molar-refractivity contribution in [3.05, 3.63) is 35.9 Å². The molecular weight excluding hydrogens is 232 g/mol. The minimum absolute atomic E-state index is 0.265. The first-order valence-corrected chi connectivity index (χ1v) is 6.22. The molecule has 0 aliphatic heterocycles. The molecule has 0 heterocycles. The van der Waals surface area contributed by atoms with Crippen LogP contribution >= 0.6 is 0 Å². The van der Waals surface area contributed by atoms with E-state index >= 15 is 0 Å². The summed E-state index contributed by atoms with van der Waals surface area (Å²) in [5.41, 5.74) is 0.559. The molecule has 0 aromatic heterocycles. The van der Waals surface area contributed by atoms with Crippen molar-refractivity contribution < 1.29 is 19.0 Å². The van der Waals surface area contributed by atoms with Crippen LogP contribution in [-0.4, -0.2) is 39.0 Å². The summed E-state index contributed by atoms with van der Waals surface area (Å²) in [7, 11) is 0. The first kappa shape index (κ1) is 14.7. The second kappa shape index (κ2) is 9.62.